The molecule has 1 saturated heterocycles. The molecule has 0 aliphatic carbocycles. The molecule has 1 N–H and O–H groups in total. The fraction of sp³-hybridized carbons (Fsp3) is 0.571. The van der Waals surface area contributed by atoms with Gasteiger partial charge in [0, 0.05) is 37.8 Å². The first-order valence-corrected chi connectivity index (χ1v) is 6.29. The van der Waals surface area contributed by atoms with Gasteiger partial charge in [0.2, 0.25) is 0 Å². The van der Waals surface area contributed by atoms with Crippen molar-refractivity contribution in [2.75, 3.05) is 26.7 Å². The molecule has 1 aliphatic rings. The molecule has 17 heavy (non-hydrogen) atoms. The average molecular weight is 234 g/mol. The van der Waals surface area contributed by atoms with Crippen LogP contribution in [0, 0.1) is 6.92 Å². The van der Waals surface area contributed by atoms with E-state index in [9.17, 15) is 0 Å². The first kappa shape index (κ1) is 12.4. The Kier molecular flexibility index (Phi) is 4.02. The van der Waals surface area contributed by atoms with Gasteiger partial charge < -0.3 is 10.1 Å². The van der Waals surface area contributed by atoms with Crippen molar-refractivity contribution in [3.63, 3.8) is 0 Å². The summed E-state index contributed by atoms with van der Waals surface area (Å²) in [6, 6.07) is 6.99. The molecule has 0 saturated carbocycles. The number of ether oxygens (including phenoxy) is 1. The highest BCUT2D eigenvalue weighted by atomic mass is 16.5. The SMILES string of the molecule is COc1ccc(C)cc1CN1CCNC[C@H]1C. The van der Waals surface area contributed by atoms with Crippen molar-refractivity contribution < 1.29 is 4.74 Å². The molecule has 0 aromatic heterocycles. The molecule has 0 amide bonds. The van der Waals surface area contributed by atoms with E-state index in [1.165, 1.54) is 11.1 Å². The zero-order valence-corrected chi connectivity index (χ0v) is 11.0. The molecule has 0 bridgehead atoms. The van der Waals surface area contributed by atoms with E-state index in [0.29, 0.717) is 6.04 Å². The third-order valence-electron chi connectivity index (χ3n) is 3.45. The predicted octanol–water partition coefficient (Wildman–Crippen LogP) is 1.80. The lowest BCUT2D eigenvalue weighted by atomic mass is 10.1. The minimum absolute atomic E-state index is 0.592. The lowest BCUT2D eigenvalue weighted by molar-refractivity contribution is 0.164. The van der Waals surface area contributed by atoms with Crippen LogP contribution < -0.4 is 10.1 Å². The van der Waals surface area contributed by atoms with Gasteiger partial charge in [-0.25, -0.2) is 0 Å². The Bertz CT molecular complexity index is 378. The fourth-order valence-corrected chi connectivity index (χ4v) is 2.37. The van der Waals surface area contributed by atoms with E-state index in [-0.39, 0.29) is 0 Å². The summed E-state index contributed by atoms with van der Waals surface area (Å²) in [6.07, 6.45) is 0. The van der Waals surface area contributed by atoms with Gasteiger partial charge in [0.25, 0.3) is 0 Å². The number of nitrogens with one attached hydrogen (secondary N) is 1. The lowest BCUT2D eigenvalue weighted by Crippen LogP contribution is -2.49. The third kappa shape index (κ3) is 2.99. The van der Waals surface area contributed by atoms with Gasteiger partial charge in [-0.2, -0.15) is 0 Å². The molecule has 1 aliphatic heterocycles. The van der Waals surface area contributed by atoms with E-state index in [2.05, 4.69) is 42.3 Å². The van der Waals surface area contributed by atoms with Crippen molar-refractivity contribution in [3.8, 4) is 5.75 Å². The second kappa shape index (κ2) is 5.52. The molecule has 1 atom stereocenters. The van der Waals surface area contributed by atoms with Gasteiger partial charge >= 0.3 is 0 Å². The Balaban J connectivity index is 2.13. The minimum atomic E-state index is 0.592. The van der Waals surface area contributed by atoms with Gasteiger partial charge in [-0.1, -0.05) is 17.7 Å². The van der Waals surface area contributed by atoms with E-state index in [1.807, 2.05) is 0 Å². The molecule has 2 rings (SSSR count). The number of hydrogen-bond donors (Lipinski definition) is 1. The molecular formula is C14H22N2O. The van der Waals surface area contributed by atoms with Gasteiger partial charge in [0.1, 0.15) is 5.75 Å². The molecule has 1 aromatic carbocycles. The number of benzene rings is 1. The first-order valence-electron chi connectivity index (χ1n) is 6.29. The molecule has 0 unspecified atom stereocenters. The number of methoxy groups -OCH3 is 1. The van der Waals surface area contributed by atoms with Crippen LogP contribution in [0.15, 0.2) is 18.2 Å². The molecule has 1 heterocycles. The van der Waals surface area contributed by atoms with Crippen LogP contribution in [-0.2, 0) is 6.54 Å². The van der Waals surface area contributed by atoms with Gasteiger partial charge in [-0.15, -0.1) is 0 Å². The van der Waals surface area contributed by atoms with E-state index in [1.54, 1.807) is 7.11 Å². The summed E-state index contributed by atoms with van der Waals surface area (Å²) >= 11 is 0. The first-order chi connectivity index (χ1) is 8.20. The predicted molar refractivity (Wildman–Crippen MR) is 70.5 cm³/mol. The van der Waals surface area contributed by atoms with Crippen LogP contribution in [-0.4, -0.2) is 37.7 Å². The van der Waals surface area contributed by atoms with Crippen LogP contribution in [0.4, 0.5) is 0 Å². The van der Waals surface area contributed by atoms with Gasteiger partial charge in [-0.3, -0.25) is 4.90 Å². The van der Waals surface area contributed by atoms with Crippen LogP contribution in [0.1, 0.15) is 18.1 Å². The van der Waals surface area contributed by atoms with Crippen molar-refractivity contribution >= 4 is 0 Å². The third-order valence-corrected chi connectivity index (χ3v) is 3.45. The van der Waals surface area contributed by atoms with E-state index < -0.39 is 0 Å². The summed E-state index contributed by atoms with van der Waals surface area (Å²) in [7, 11) is 1.75. The Hall–Kier alpha value is -1.06. The summed E-state index contributed by atoms with van der Waals surface area (Å²) in [4.78, 5) is 2.51. The van der Waals surface area contributed by atoms with Crippen LogP contribution in [0.2, 0.25) is 0 Å². The number of hydrogen-bond acceptors (Lipinski definition) is 3. The van der Waals surface area contributed by atoms with E-state index in [0.717, 1.165) is 31.9 Å². The Morgan fingerprint density at radius 2 is 2.29 bits per heavy atom. The Morgan fingerprint density at radius 1 is 1.47 bits per heavy atom. The summed E-state index contributed by atoms with van der Waals surface area (Å²) < 4.78 is 5.43. The smallest absolute Gasteiger partial charge is 0.123 e. The second-order valence-corrected chi connectivity index (χ2v) is 4.84. The molecule has 3 nitrogen and oxygen atoms in total. The quantitative estimate of drug-likeness (QED) is 0.863. The lowest BCUT2D eigenvalue weighted by Gasteiger charge is -2.34. The van der Waals surface area contributed by atoms with Gasteiger partial charge in [0.15, 0.2) is 0 Å². The molecule has 3 heteroatoms. The van der Waals surface area contributed by atoms with E-state index >= 15 is 0 Å². The molecule has 0 spiro atoms. The normalized spacial score (nSPS) is 21.5. The average Bonchev–Trinajstić information content (AvgIpc) is 2.32. The molecule has 1 aromatic rings. The molecule has 0 radical (unpaired) electrons. The minimum Gasteiger partial charge on any atom is -0.496 e. The summed E-state index contributed by atoms with van der Waals surface area (Å²) in [5, 5.41) is 3.42. The zero-order valence-electron chi connectivity index (χ0n) is 11.0. The van der Waals surface area contributed by atoms with E-state index in [4.69, 9.17) is 4.74 Å². The number of rotatable bonds is 3. The summed E-state index contributed by atoms with van der Waals surface area (Å²) in [5.41, 5.74) is 2.59. The van der Waals surface area contributed by atoms with Crippen molar-refractivity contribution in [2.24, 2.45) is 0 Å². The van der Waals surface area contributed by atoms with Gasteiger partial charge in [0.05, 0.1) is 7.11 Å². The van der Waals surface area contributed by atoms with Crippen molar-refractivity contribution in [1.29, 1.82) is 0 Å². The highest BCUT2D eigenvalue weighted by molar-refractivity contribution is 5.36. The van der Waals surface area contributed by atoms with Crippen LogP contribution in [0.25, 0.3) is 0 Å². The highest BCUT2D eigenvalue weighted by Gasteiger charge is 2.19. The largest absolute Gasteiger partial charge is 0.496 e. The molecular weight excluding hydrogens is 212 g/mol. The van der Waals surface area contributed by atoms with Crippen molar-refractivity contribution in [2.45, 2.75) is 26.4 Å². The zero-order chi connectivity index (χ0) is 12.3. The standard InChI is InChI=1S/C14H22N2O/c1-11-4-5-14(17-3)13(8-11)10-16-7-6-15-9-12(16)2/h4-5,8,12,15H,6-7,9-10H2,1-3H3/t12-/m1/s1. The second-order valence-electron chi connectivity index (χ2n) is 4.84. The topological polar surface area (TPSA) is 24.5 Å². The van der Waals surface area contributed by atoms with Crippen molar-refractivity contribution in [3.05, 3.63) is 29.3 Å². The van der Waals surface area contributed by atoms with Gasteiger partial charge in [-0.05, 0) is 19.9 Å². The molecule has 94 valence electrons. The van der Waals surface area contributed by atoms with Crippen LogP contribution >= 0.6 is 0 Å². The summed E-state index contributed by atoms with van der Waals surface area (Å²) in [5.74, 6) is 1.00. The maximum absolute atomic E-state index is 5.43. The maximum atomic E-state index is 5.43. The Morgan fingerprint density at radius 3 is 3.00 bits per heavy atom. The Labute approximate surface area is 104 Å². The molecule has 1 fully saturated rings. The number of nitrogens with zero attached hydrogens (tertiary/aromatic N) is 1. The van der Waals surface area contributed by atoms with Crippen LogP contribution in [0.5, 0.6) is 5.75 Å². The number of aryl methyl sites for hydroxylation is 1. The number of piperazine rings is 1. The summed E-state index contributed by atoms with van der Waals surface area (Å²) in [6.45, 7) is 8.65. The van der Waals surface area contributed by atoms with Crippen LogP contribution in [0.3, 0.4) is 0 Å². The fourth-order valence-electron chi connectivity index (χ4n) is 2.37. The maximum Gasteiger partial charge on any atom is 0.123 e. The monoisotopic (exact) mass is 234 g/mol. The highest BCUT2D eigenvalue weighted by Crippen LogP contribution is 2.22. The van der Waals surface area contributed by atoms with Crippen molar-refractivity contribution in [1.82, 2.24) is 10.2 Å².